The molecule has 6 nitrogen and oxygen atoms in total. The second-order valence-electron chi connectivity index (χ2n) is 6.37. The van der Waals surface area contributed by atoms with Crippen molar-refractivity contribution >= 4 is 28.9 Å². The molecule has 1 aromatic carbocycles. The highest BCUT2D eigenvalue weighted by Gasteiger charge is 2.15. The van der Waals surface area contributed by atoms with Gasteiger partial charge in [0.15, 0.2) is 5.57 Å². The Morgan fingerprint density at radius 3 is 2.68 bits per heavy atom. The molecule has 0 atom stereocenters. The molecule has 0 saturated heterocycles. The minimum absolute atomic E-state index is 0.0436. The average molecular weight is 400 g/mol. The van der Waals surface area contributed by atoms with Gasteiger partial charge >= 0.3 is 0 Å². The zero-order chi connectivity index (χ0) is 20.5. The highest BCUT2D eigenvalue weighted by atomic mass is 32.1. The molecule has 1 heterocycles. The Bertz CT molecular complexity index is 1030. The topological polar surface area (TPSA) is 84.1 Å². The van der Waals surface area contributed by atoms with Gasteiger partial charge in [0.1, 0.15) is 10.7 Å². The van der Waals surface area contributed by atoms with Crippen LogP contribution in [0.4, 0.5) is 0 Å². The Morgan fingerprint density at radius 1 is 1.36 bits per heavy atom. The summed E-state index contributed by atoms with van der Waals surface area (Å²) in [6.07, 6.45) is 3.55. The van der Waals surface area contributed by atoms with E-state index in [1.165, 1.54) is 4.57 Å². The molecule has 0 fully saturated rings. The molecule has 28 heavy (non-hydrogen) atoms. The van der Waals surface area contributed by atoms with Gasteiger partial charge in [-0.05, 0) is 25.0 Å². The molecule has 1 aromatic heterocycles. The fraction of sp³-hybridized carbons (Fsp3) is 0.381. The highest BCUT2D eigenvalue weighted by Crippen LogP contribution is 2.03. The molecule has 0 radical (unpaired) electrons. The standard InChI is InChI=1S/C21H25N3O3S/c1-4-5-10-23-19(25)17(14-22)21-24(11-12-27-3)20(26)18(28-21)13-16-8-6-15(2)7-9-16/h6-9,13H,4-5,10-12H2,1-3H3,(H,23,25)/b18-13-,21-17-. The Labute approximate surface area is 168 Å². The number of aryl methyl sites for hydroxylation is 1. The lowest BCUT2D eigenvalue weighted by Crippen LogP contribution is -2.36. The van der Waals surface area contributed by atoms with Crippen molar-refractivity contribution in [3.05, 3.63) is 54.9 Å². The normalized spacial score (nSPS) is 12.6. The second-order valence-corrected chi connectivity index (χ2v) is 7.40. The smallest absolute Gasteiger partial charge is 0.269 e. The molecular formula is C21H25N3O3S. The van der Waals surface area contributed by atoms with E-state index < -0.39 is 5.91 Å². The predicted molar refractivity (Wildman–Crippen MR) is 111 cm³/mol. The van der Waals surface area contributed by atoms with Crippen molar-refractivity contribution < 1.29 is 9.53 Å². The van der Waals surface area contributed by atoms with Crippen LogP contribution >= 0.6 is 11.3 Å². The molecular weight excluding hydrogens is 374 g/mol. The van der Waals surface area contributed by atoms with Crippen LogP contribution in [0.2, 0.25) is 0 Å². The number of rotatable bonds is 8. The largest absolute Gasteiger partial charge is 0.383 e. The number of hydrogen-bond donors (Lipinski definition) is 1. The Kier molecular flexibility index (Phi) is 8.18. The molecule has 0 unspecified atom stereocenters. The SMILES string of the molecule is CCCCNC(=O)/C(C#N)=c1\s/c(=C\c2ccc(C)cc2)c(=O)n1CCOC. The van der Waals surface area contributed by atoms with Crippen molar-refractivity contribution in [2.45, 2.75) is 33.2 Å². The number of nitrogens with zero attached hydrogens (tertiary/aromatic N) is 2. The van der Waals surface area contributed by atoms with Crippen LogP contribution in [0.1, 0.15) is 30.9 Å². The fourth-order valence-electron chi connectivity index (χ4n) is 2.57. The maximum atomic E-state index is 12.9. The Balaban J connectivity index is 2.61. The third-order valence-electron chi connectivity index (χ3n) is 4.17. The highest BCUT2D eigenvalue weighted by molar-refractivity contribution is 7.07. The molecule has 2 rings (SSSR count). The maximum absolute atomic E-state index is 12.9. The van der Waals surface area contributed by atoms with Crippen LogP contribution in [0.15, 0.2) is 29.1 Å². The first-order valence-electron chi connectivity index (χ1n) is 9.21. The molecule has 148 valence electrons. The van der Waals surface area contributed by atoms with E-state index in [1.54, 1.807) is 13.2 Å². The van der Waals surface area contributed by atoms with Crippen molar-refractivity contribution in [2.24, 2.45) is 0 Å². The number of nitriles is 1. The van der Waals surface area contributed by atoms with Crippen molar-refractivity contribution in [3.8, 4) is 6.07 Å². The number of amides is 1. The Morgan fingerprint density at radius 2 is 2.07 bits per heavy atom. The number of benzene rings is 1. The summed E-state index contributed by atoms with van der Waals surface area (Å²) in [6.45, 7) is 5.10. The van der Waals surface area contributed by atoms with Crippen LogP contribution in [0, 0.1) is 18.3 Å². The average Bonchev–Trinajstić information content (AvgIpc) is 2.98. The summed E-state index contributed by atoms with van der Waals surface area (Å²) < 4.78 is 7.38. The van der Waals surface area contributed by atoms with E-state index in [0.29, 0.717) is 22.3 Å². The number of methoxy groups -OCH3 is 1. The fourth-order valence-corrected chi connectivity index (χ4v) is 3.69. The zero-order valence-electron chi connectivity index (χ0n) is 16.4. The van der Waals surface area contributed by atoms with Gasteiger partial charge in [-0.25, -0.2) is 0 Å². The summed E-state index contributed by atoms with van der Waals surface area (Å²) in [5, 5.41) is 12.3. The van der Waals surface area contributed by atoms with Gasteiger partial charge in [0.05, 0.1) is 17.7 Å². The van der Waals surface area contributed by atoms with Gasteiger partial charge in [-0.2, -0.15) is 5.26 Å². The molecule has 7 heteroatoms. The molecule has 1 N–H and O–H groups in total. The first kappa shape index (κ1) is 21.6. The molecule has 0 aliphatic heterocycles. The lowest BCUT2D eigenvalue weighted by molar-refractivity contribution is -0.115. The minimum atomic E-state index is -0.453. The van der Waals surface area contributed by atoms with E-state index in [1.807, 2.05) is 44.2 Å². The van der Waals surface area contributed by atoms with Crippen LogP contribution in [-0.4, -0.2) is 30.7 Å². The molecule has 2 aromatic rings. The quantitative estimate of drug-likeness (QED) is 0.678. The van der Waals surface area contributed by atoms with Crippen LogP contribution in [0.25, 0.3) is 11.6 Å². The summed E-state index contributed by atoms with van der Waals surface area (Å²) in [5.74, 6) is -0.453. The second kappa shape index (κ2) is 10.6. The van der Waals surface area contributed by atoms with Crippen molar-refractivity contribution in [1.29, 1.82) is 5.26 Å². The van der Waals surface area contributed by atoms with E-state index >= 15 is 0 Å². The number of carbonyl (C=O) groups is 1. The van der Waals surface area contributed by atoms with Gasteiger partial charge < -0.3 is 10.1 Å². The van der Waals surface area contributed by atoms with E-state index in [9.17, 15) is 14.9 Å². The molecule has 1 amide bonds. The van der Waals surface area contributed by atoms with Crippen molar-refractivity contribution in [2.75, 3.05) is 20.3 Å². The number of ether oxygens (including phenoxy) is 1. The van der Waals surface area contributed by atoms with Gasteiger partial charge in [0.25, 0.3) is 11.5 Å². The summed E-state index contributed by atoms with van der Waals surface area (Å²) in [4.78, 5) is 25.4. The van der Waals surface area contributed by atoms with Crippen molar-refractivity contribution in [1.82, 2.24) is 9.88 Å². The number of hydrogen-bond acceptors (Lipinski definition) is 5. The van der Waals surface area contributed by atoms with Gasteiger partial charge in [-0.1, -0.05) is 43.2 Å². The van der Waals surface area contributed by atoms with Crippen LogP contribution in [0.5, 0.6) is 0 Å². The number of nitrogens with one attached hydrogen (secondary N) is 1. The number of carbonyl (C=O) groups excluding carboxylic acids is 1. The molecule has 0 aliphatic rings. The first-order chi connectivity index (χ1) is 13.5. The van der Waals surface area contributed by atoms with E-state index in [0.717, 1.165) is 35.3 Å². The number of aromatic nitrogens is 1. The lowest BCUT2D eigenvalue weighted by Gasteiger charge is -2.04. The van der Waals surface area contributed by atoms with E-state index in [2.05, 4.69) is 5.32 Å². The lowest BCUT2D eigenvalue weighted by atomic mass is 10.1. The van der Waals surface area contributed by atoms with Crippen LogP contribution in [0.3, 0.4) is 0 Å². The van der Waals surface area contributed by atoms with E-state index in [-0.39, 0.29) is 17.7 Å². The summed E-state index contributed by atoms with van der Waals surface area (Å²) in [5.41, 5.74) is 1.75. The van der Waals surface area contributed by atoms with Crippen LogP contribution < -0.4 is 20.1 Å². The molecule has 0 bridgehead atoms. The third-order valence-corrected chi connectivity index (χ3v) is 5.30. The van der Waals surface area contributed by atoms with Gasteiger partial charge in [-0.3, -0.25) is 14.2 Å². The van der Waals surface area contributed by atoms with Gasteiger partial charge in [0.2, 0.25) is 0 Å². The summed E-state index contributed by atoms with van der Waals surface area (Å²) in [6, 6.07) is 9.78. The van der Waals surface area contributed by atoms with Crippen molar-refractivity contribution in [3.63, 3.8) is 0 Å². The Hall–Kier alpha value is -2.69. The minimum Gasteiger partial charge on any atom is -0.383 e. The molecule has 0 aliphatic carbocycles. The van der Waals surface area contributed by atoms with E-state index in [4.69, 9.17) is 4.74 Å². The monoisotopic (exact) mass is 399 g/mol. The molecule has 0 spiro atoms. The number of thiazole rings is 1. The summed E-state index contributed by atoms with van der Waals surface area (Å²) in [7, 11) is 1.54. The zero-order valence-corrected chi connectivity index (χ0v) is 17.3. The van der Waals surface area contributed by atoms with Gasteiger partial charge in [-0.15, -0.1) is 11.3 Å². The first-order valence-corrected chi connectivity index (χ1v) is 10.0. The predicted octanol–water partition coefficient (Wildman–Crippen LogP) is 1.28. The van der Waals surface area contributed by atoms with Crippen LogP contribution in [-0.2, 0) is 16.1 Å². The molecule has 0 saturated carbocycles. The third kappa shape index (κ3) is 5.41. The maximum Gasteiger partial charge on any atom is 0.269 e. The summed E-state index contributed by atoms with van der Waals surface area (Å²) >= 11 is 1.15. The number of unbranched alkanes of at least 4 members (excludes halogenated alkanes) is 1. The van der Waals surface area contributed by atoms with Gasteiger partial charge in [0, 0.05) is 13.7 Å².